The van der Waals surface area contributed by atoms with Gasteiger partial charge in [-0.05, 0) is 56.5 Å². The monoisotopic (exact) mass is 287 g/mol. The van der Waals surface area contributed by atoms with E-state index in [4.69, 9.17) is 4.74 Å². The molecule has 1 aliphatic rings. The van der Waals surface area contributed by atoms with Crippen molar-refractivity contribution in [1.29, 1.82) is 0 Å². The van der Waals surface area contributed by atoms with Crippen molar-refractivity contribution < 1.29 is 17.9 Å². The van der Waals surface area contributed by atoms with Crippen LogP contribution in [0, 0.1) is 0 Å². The summed E-state index contributed by atoms with van der Waals surface area (Å²) in [6.45, 7) is 2.58. The van der Waals surface area contributed by atoms with Crippen LogP contribution in [0.4, 0.5) is 13.2 Å². The minimum absolute atomic E-state index is 0.277. The van der Waals surface area contributed by atoms with Gasteiger partial charge < -0.3 is 10.1 Å². The van der Waals surface area contributed by atoms with Crippen molar-refractivity contribution in [2.75, 3.05) is 19.7 Å². The largest absolute Gasteiger partial charge is 0.416 e. The maximum Gasteiger partial charge on any atom is 0.416 e. The molecule has 1 aromatic carbocycles. The van der Waals surface area contributed by atoms with Gasteiger partial charge in [-0.15, -0.1) is 0 Å². The number of alkyl halides is 3. The molecule has 1 N–H and O–H groups in total. The zero-order chi connectivity index (χ0) is 14.4. The second-order valence-corrected chi connectivity index (χ2v) is 5.12. The fraction of sp³-hybridized carbons (Fsp3) is 0.600. The van der Waals surface area contributed by atoms with Crippen LogP contribution in [0.15, 0.2) is 24.3 Å². The lowest BCUT2D eigenvalue weighted by atomic mass is 10.1. The minimum Gasteiger partial charge on any atom is -0.378 e. The van der Waals surface area contributed by atoms with Crippen molar-refractivity contribution in [3.05, 3.63) is 35.4 Å². The molecule has 1 heterocycles. The van der Waals surface area contributed by atoms with E-state index in [-0.39, 0.29) is 6.10 Å². The molecule has 0 radical (unpaired) electrons. The molecule has 1 aliphatic heterocycles. The summed E-state index contributed by atoms with van der Waals surface area (Å²) in [6, 6.07) is 5.32. The predicted molar refractivity (Wildman–Crippen MR) is 71.6 cm³/mol. The minimum atomic E-state index is -4.26. The molecular formula is C15H20F3NO. The van der Waals surface area contributed by atoms with Crippen molar-refractivity contribution in [2.45, 2.75) is 38.0 Å². The molecule has 1 fully saturated rings. The van der Waals surface area contributed by atoms with E-state index in [2.05, 4.69) is 5.32 Å². The van der Waals surface area contributed by atoms with Crippen LogP contribution in [-0.4, -0.2) is 25.8 Å². The number of nitrogens with one attached hydrogen (secondary N) is 1. The van der Waals surface area contributed by atoms with Crippen molar-refractivity contribution >= 4 is 0 Å². The average molecular weight is 287 g/mol. The number of hydrogen-bond donors (Lipinski definition) is 1. The van der Waals surface area contributed by atoms with E-state index >= 15 is 0 Å². The highest BCUT2D eigenvalue weighted by molar-refractivity contribution is 5.24. The molecular weight excluding hydrogens is 267 g/mol. The van der Waals surface area contributed by atoms with E-state index in [9.17, 15) is 13.2 Å². The van der Waals surface area contributed by atoms with Gasteiger partial charge >= 0.3 is 6.18 Å². The Bertz CT molecular complexity index is 395. The highest BCUT2D eigenvalue weighted by Gasteiger charge is 2.29. The molecule has 112 valence electrons. The van der Waals surface area contributed by atoms with Gasteiger partial charge in [0, 0.05) is 0 Å². The Labute approximate surface area is 117 Å². The molecule has 1 aromatic rings. The quantitative estimate of drug-likeness (QED) is 0.916. The van der Waals surface area contributed by atoms with Crippen LogP contribution in [0.2, 0.25) is 0 Å². The van der Waals surface area contributed by atoms with Crippen LogP contribution in [0.3, 0.4) is 0 Å². The predicted octanol–water partition coefficient (Wildman–Crippen LogP) is 3.41. The maximum absolute atomic E-state index is 12.4. The topological polar surface area (TPSA) is 21.3 Å². The summed E-state index contributed by atoms with van der Waals surface area (Å²) >= 11 is 0. The average Bonchev–Trinajstić information content (AvgIpc) is 2.67. The smallest absolute Gasteiger partial charge is 0.378 e. The van der Waals surface area contributed by atoms with Crippen molar-refractivity contribution in [2.24, 2.45) is 0 Å². The molecule has 1 unspecified atom stereocenters. The van der Waals surface area contributed by atoms with Gasteiger partial charge in [-0.25, -0.2) is 0 Å². The summed E-state index contributed by atoms with van der Waals surface area (Å²) in [5, 5.41) is 3.32. The molecule has 0 spiro atoms. The molecule has 20 heavy (non-hydrogen) atoms. The fourth-order valence-corrected chi connectivity index (χ4v) is 2.36. The summed E-state index contributed by atoms with van der Waals surface area (Å²) in [5.41, 5.74) is 0.279. The lowest BCUT2D eigenvalue weighted by Gasteiger charge is -2.15. The number of rotatable bonds is 4. The van der Waals surface area contributed by atoms with E-state index < -0.39 is 11.7 Å². The van der Waals surface area contributed by atoms with E-state index in [1.807, 2.05) is 0 Å². The van der Waals surface area contributed by atoms with Crippen LogP contribution in [0.25, 0.3) is 0 Å². The molecule has 0 saturated carbocycles. The Balaban J connectivity index is 1.76. The zero-order valence-corrected chi connectivity index (χ0v) is 11.4. The van der Waals surface area contributed by atoms with E-state index in [0.29, 0.717) is 13.0 Å². The first-order valence-electron chi connectivity index (χ1n) is 7.04. The lowest BCUT2D eigenvalue weighted by Crippen LogP contribution is -2.18. The molecule has 1 saturated heterocycles. The Morgan fingerprint density at radius 2 is 1.85 bits per heavy atom. The molecule has 5 heteroatoms. The lowest BCUT2D eigenvalue weighted by molar-refractivity contribution is -0.137. The van der Waals surface area contributed by atoms with Gasteiger partial charge in [0.15, 0.2) is 0 Å². The third-order valence-corrected chi connectivity index (χ3v) is 3.55. The first-order chi connectivity index (χ1) is 9.55. The Kier molecular flexibility index (Phi) is 5.43. The summed E-state index contributed by atoms with van der Waals surface area (Å²) in [5.74, 6) is 0. The third-order valence-electron chi connectivity index (χ3n) is 3.55. The maximum atomic E-state index is 12.4. The fourth-order valence-electron chi connectivity index (χ4n) is 2.36. The number of ether oxygens (including phenoxy) is 1. The van der Waals surface area contributed by atoms with E-state index in [0.717, 1.165) is 50.0 Å². The first-order valence-corrected chi connectivity index (χ1v) is 7.04. The van der Waals surface area contributed by atoms with Gasteiger partial charge in [-0.1, -0.05) is 12.1 Å². The summed E-state index contributed by atoms with van der Waals surface area (Å²) in [4.78, 5) is 0. The molecule has 0 aromatic heterocycles. The highest BCUT2D eigenvalue weighted by Crippen LogP contribution is 2.29. The van der Waals surface area contributed by atoms with Gasteiger partial charge in [0.25, 0.3) is 0 Å². The number of halogens is 3. The number of benzene rings is 1. The van der Waals surface area contributed by atoms with E-state index in [1.54, 1.807) is 0 Å². The van der Waals surface area contributed by atoms with Crippen molar-refractivity contribution in [3.8, 4) is 0 Å². The van der Waals surface area contributed by atoms with Crippen LogP contribution in [-0.2, 0) is 17.3 Å². The molecule has 0 amide bonds. The Hall–Kier alpha value is -1.07. The molecule has 2 rings (SSSR count). The normalized spacial score (nSPS) is 20.6. The Morgan fingerprint density at radius 3 is 2.55 bits per heavy atom. The van der Waals surface area contributed by atoms with Gasteiger partial charge in [0.1, 0.15) is 0 Å². The molecule has 0 bridgehead atoms. The van der Waals surface area contributed by atoms with Crippen molar-refractivity contribution in [1.82, 2.24) is 5.32 Å². The van der Waals surface area contributed by atoms with Crippen LogP contribution in [0.5, 0.6) is 0 Å². The van der Waals surface area contributed by atoms with Crippen LogP contribution >= 0.6 is 0 Å². The number of hydrogen-bond acceptors (Lipinski definition) is 2. The van der Waals surface area contributed by atoms with Crippen LogP contribution < -0.4 is 5.32 Å². The van der Waals surface area contributed by atoms with Crippen molar-refractivity contribution in [3.63, 3.8) is 0 Å². The van der Waals surface area contributed by atoms with Gasteiger partial charge in [-0.3, -0.25) is 0 Å². The summed E-state index contributed by atoms with van der Waals surface area (Å²) in [6.07, 6.45) is -0.151. The Morgan fingerprint density at radius 1 is 1.10 bits per heavy atom. The first kappa shape index (κ1) is 15.3. The second-order valence-electron chi connectivity index (χ2n) is 5.12. The van der Waals surface area contributed by atoms with Gasteiger partial charge in [-0.2, -0.15) is 13.2 Å². The summed E-state index contributed by atoms with van der Waals surface area (Å²) < 4.78 is 43.1. The van der Waals surface area contributed by atoms with Crippen LogP contribution in [0.1, 0.15) is 30.4 Å². The zero-order valence-electron chi connectivity index (χ0n) is 11.4. The second kappa shape index (κ2) is 7.09. The highest BCUT2D eigenvalue weighted by atomic mass is 19.4. The summed E-state index contributed by atoms with van der Waals surface area (Å²) in [7, 11) is 0. The standard InChI is InChI=1S/C15H20F3NO/c16-15(17,18)13-5-3-12(4-6-13)8-11-20-14-2-1-9-19-10-7-14/h3-6,14,19H,1-2,7-11H2. The molecule has 0 aliphatic carbocycles. The molecule has 2 nitrogen and oxygen atoms in total. The van der Waals surface area contributed by atoms with Gasteiger partial charge in [0.2, 0.25) is 0 Å². The third kappa shape index (κ3) is 4.80. The SMILES string of the molecule is FC(F)(F)c1ccc(CCOC2CCCNCC2)cc1. The van der Waals surface area contributed by atoms with Gasteiger partial charge in [0.05, 0.1) is 18.3 Å². The van der Waals surface area contributed by atoms with E-state index in [1.165, 1.54) is 12.1 Å². The molecule has 1 atom stereocenters.